The van der Waals surface area contributed by atoms with Gasteiger partial charge >= 0.3 is 0 Å². The molecule has 0 fully saturated rings. The molecule has 0 saturated heterocycles. The van der Waals surface area contributed by atoms with Crippen LogP contribution in [0.2, 0.25) is 0 Å². The van der Waals surface area contributed by atoms with Crippen molar-refractivity contribution >= 4 is 0 Å². The predicted molar refractivity (Wildman–Crippen MR) is 61.7 cm³/mol. The smallest absolute Gasteiger partial charge is 0.151 e. The number of rotatable bonds is 8. The highest BCUT2D eigenvalue weighted by Gasteiger charge is 2.03. The molecular weight excluding hydrogens is 212 g/mol. The van der Waals surface area contributed by atoms with Crippen LogP contribution in [-0.4, -0.2) is 51.6 Å². The Morgan fingerprint density at radius 2 is 1.44 bits per heavy atom. The van der Waals surface area contributed by atoms with Gasteiger partial charge in [0.2, 0.25) is 0 Å². The molecule has 0 radical (unpaired) electrons. The maximum Gasteiger partial charge on any atom is 0.151 e. The topological polar surface area (TPSA) is 101 Å². The van der Waals surface area contributed by atoms with Crippen molar-refractivity contribution in [2.75, 3.05) is 19.8 Å². The summed E-state index contributed by atoms with van der Waals surface area (Å²) in [5.41, 5.74) is 0. The first-order chi connectivity index (χ1) is 7.62. The third-order valence-electron chi connectivity index (χ3n) is 2.10. The third kappa shape index (κ3) is 16.2. The standard InChI is InChI=1S/C6H14O3.C5H12O2/c7-3-1-2-6(4-8)5-9;1-2-3-4-5(6)7/h6-9H,1-5H2;5-7H,2-4H2,1H3. The minimum atomic E-state index is -1.10. The Labute approximate surface area is 97.4 Å². The van der Waals surface area contributed by atoms with Crippen LogP contribution in [0.4, 0.5) is 0 Å². The lowest BCUT2D eigenvalue weighted by Gasteiger charge is -2.07. The lowest BCUT2D eigenvalue weighted by Crippen LogP contribution is -2.11. The van der Waals surface area contributed by atoms with Crippen LogP contribution < -0.4 is 0 Å². The van der Waals surface area contributed by atoms with E-state index in [1.54, 1.807) is 0 Å². The van der Waals surface area contributed by atoms with Crippen LogP contribution in [0.1, 0.15) is 39.0 Å². The molecule has 0 aliphatic rings. The molecule has 5 heteroatoms. The molecule has 0 heterocycles. The molecule has 0 spiro atoms. The Kier molecular flexibility index (Phi) is 16.8. The predicted octanol–water partition coefficient (Wildman–Crippen LogP) is -0.153. The molecule has 16 heavy (non-hydrogen) atoms. The van der Waals surface area contributed by atoms with Gasteiger partial charge in [0.05, 0.1) is 0 Å². The molecule has 0 saturated carbocycles. The van der Waals surface area contributed by atoms with E-state index in [2.05, 4.69) is 0 Å². The van der Waals surface area contributed by atoms with E-state index in [0.717, 1.165) is 12.8 Å². The first kappa shape index (κ1) is 18.2. The number of aliphatic hydroxyl groups is 5. The van der Waals surface area contributed by atoms with Crippen LogP contribution in [0.15, 0.2) is 0 Å². The Bertz CT molecular complexity index is 115. The Morgan fingerprint density at radius 1 is 0.875 bits per heavy atom. The Morgan fingerprint density at radius 3 is 1.69 bits per heavy atom. The van der Waals surface area contributed by atoms with E-state index in [0.29, 0.717) is 19.3 Å². The zero-order chi connectivity index (χ0) is 12.8. The number of hydrogen-bond donors (Lipinski definition) is 5. The molecule has 0 aromatic heterocycles. The quantitative estimate of drug-likeness (QED) is 0.378. The number of unbranched alkanes of at least 4 members (excludes halogenated alkanes) is 1. The highest BCUT2D eigenvalue weighted by Crippen LogP contribution is 2.02. The van der Waals surface area contributed by atoms with E-state index in [4.69, 9.17) is 25.5 Å². The molecule has 0 bridgehead atoms. The van der Waals surface area contributed by atoms with Gasteiger partial charge in [-0.15, -0.1) is 0 Å². The van der Waals surface area contributed by atoms with E-state index in [-0.39, 0.29) is 25.7 Å². The van der Waals surface area contributed by atoms with Crippen LogP contribution >= 0.6 is 0 Å². The highest BCUT2D eigenvalue weighted by molar-refractivity contribution is 4.53. The average molecular weight is 238 g/mol. The fourth-order valence-corrected chi connectivity index (χ4v) is 1.01. The second-order valence-electron chi connectivity index (χ2n) is 3.72. The van der Waals surface area contributed by atoms with E-state index >= 15 is 0 Å². The zero-order valence-corrected chi connectivity index (χ0v) is 10.0. The fraction of sp³-hybridized carbons (Fsp3) is 1.00. The summed E-state index contributed by atoms with van der Waals surface area (Å²) >= 11 is 0. The largest absolute Gasteiger partial charge is 0.396 e. The van der Waals surface area contributed by atoms with Gasteiger partial charge in [-0.2, -0.15) is 0 Å². The number of aliphatic hydroxyl groups excluding tert-OH is 4. The molecule has 5 nitrogen and oxygen atoms in total. The second-order valence-corrected chi connectivity index (χ2v) is 3.72. The van der Waals surface area contributed by atoms with Gasteiger partial charge in [0.1, 0.15) is 0 Å². The van der Waals surface area contributed by atoms with Crippen LogP contribution in [0.25, 0.3) is 0 Å². The summed E-state index contributed by atoms with van der Waals surface area (Å²) in [6.45, 7) is 2.17. The fourth-order valence-electron chi connectivity index (χ4n) is 1.01. The highest BCUT2D eigenvalue weighted by atomic mass is 16.5. The summed E-state index contributed by atoms with van der Waals surface area (Å²) < 4.78 is 0. The summed E-state index contributed by atoms with van der Waals surface area (Å²) in [5.74, 6) is -0.0443. The second kappa shape index (κ2) is 14.8. The van der Waals surface area contributed by atoms with Gasteiger partial charge in [-0.25, -0.2) is 0 Å². The molecule has 0 aromatic carbocycles. The Hall–Kier alpha value is -0.200. The molecule has 5 N–H and O–H groups in total. The minimum Gasteiger partial charge on any atom is -0.396 e. The molecule has 0 aromatic rings. The monoisotopic (exact) mass is 238 g/mol. The van der Waals surface area contributed by atoms with Gasteiger partial charge in [0, 0.05) is 25.7 Å². The van der Waals surface area contributed by atoms with Crippen LogP contribution in [0.5, 0.6) is 0 Å². The molecule has 0 unspecified atom stereocenters. The third-order valence-corrected chi connectivity index (χ3v) is 2.10. The van der Waals surface area contributed by atoms with Crippen molar-refractivity contribution in [2.45, 2.75) is 45.3 Å². The number of hydrogen-bond acceptors (Lipinski definition) is 5. The van der Waals surface area contributed by atoms with E-state index in [1.807, 2.05) is 6.92 Å². The first-order valence-electron chi connectivity index (χ1n) is 5.81. The van der Waals surface area contributed by atoms with Crippen LogP contribution in [-0.2, 0) is 0 Å². The van der Waals surface area contributed by atoms with Gasteiger partial charge in [-0.3, -0.25) is 0 Å². The van der Waals surface area contributed by atoms with Crippen molar-refractivity contribution in [3.63, 3.8) is 0 Å². The van der Waals surface area contributed by atoms with Crippen molar-refractivity contribution in [3.05, 3.63) is 0 Å². The summed E-state index contributed by atoms with van der Waals surface area (Å²) in [5, 5.41) is 41.8. The van der Waals surface area contributed by atoms with Crippen molar-refractivity contribution in [1.29, 1.82) is 0 Å². The SMILES string of the molecule is CCCCC(O)O.OCCCC(CO)CO. The van der Waals surface area contributed by atoms with Gasteiger partial charge < -0.3 is 25.5 Å². The van der Waals surface area contributed by atoms with Crippen molar-refractivity contribution < 1.29 is 25.5 Å². The molecular formula is C11H26O5. The maximum atomic E-state index is 8.51. The average Bonchev–Trinajstić information content (AvgIpc) is 2.29. The first-order valence-corrected chi connectivity index (χ1v) is 5.81. The van der Waals surface area contributed by atoms with Gasteiger partial charge in [0.25, 0.3) is 0 Å². The van der Waals surface area contributed by atoms with E-state index in [9.17, 15) is 0 Å². The van der Waals surface area contributed by atoms with Gasteiger partial charge in [-0.05, 0) is 25.7 Å². The van der Waals surface area contributed by atoms with Gasteiger partial charge in [-0.1, -0.05) is 13.3 Å². The van der Waals surface area contributed by atoms with E-state index < -0.39 is 6.29 Å². The molecule has 0 aliphatic carbocycles. The van der Waals surface area contributed by atoms with Crippen LogP contribution in [0, 0.1) is 5.92 Å². The Balaban J connectivity index is 0. The summed E-state index contributed by atoms with van der Waals surface area (Å²) in [6.07, 6.45) is 2.70. The normalized spacial score (nSPS) is 10.5. The molecule has 100 valence electrons. The molecule has 0 atom stereocenters. The van der Waals surface area contributed by atoms with Crippen molar-refractivity contribution in [3.8, 4) is 0 Å². The lowest BCUT2D eigenvalue weighted by molar-refractivity contribution is -0.0463. The van der Waals surface area contributed by atoms with Crippen LogP contribution in [0.3, 0.4) is 0 Å². The summed E-state index contributed by atoms with van der Waals surface area (Å²) in [4.78, 5) is 0. The van der Waals surface area contributed by atoms with Gasteiger partial charge in [0.15, 0.2) is 6.29 Å². The van der Waals surface area contributed by atoms with Crippen molar-refractivity contribution in [1.82, 2.24) is 0 Å². The molecule has 0 rings (SSSR count). The summed E-state index contributed by atoms with van der Waals surface area (Å²) in [6, 6.07) is 0. The molecule has 0 amide bonds. The molecule has 0 aliphatic heterocycles. The zero-order valence-electron chi connectivity index (χ0n) is 10.0. The lowest BCUT2D eigenvalue weighted by atomic mass is 10.1. The maximum absolute atomic E-state index is 8.51. The van der Waals surface area contributed by atoms with E-state index in [1.165, 1.54) is 0 Å². The summed E-state index contributed by atoms with van der Waals surface area (Å²) in [7, 11) is 0. The minimum absolute atomic E-state index is 0.0104. The van der Waals surface area contributed by atoms with Crippen molar-refractivity contribution in [2.24, 2.45) is 5.92 Å².